The number of hydrogen-bond donors (Lipinski definition) is 1. The van der Waals surface area contributed by atoms with Crippen LogP contribution in [0.25, 0.3) is 0 Å². The number of ether oxygens (including phenoxy) is 2. The van der Waals surface area contributed by atoms with Crippen LogP contribution < -0.4 is 14.8 Å². The lowest BCUT2D eigenvalue weighted by molar-refractivity contribution is -0.125. The van der Waals surface area contributed by atoms with E-state index in [1.165, 1.54) is 12.8 Å². The molecule has 0 aliphatic heterocycles. The van der Waals surface area contributed by atoms with E-state index >= 15 is 0 Å². The van der Waals surface area contributed by atoms with Crippen molar-refractivity contribution in [3.63, 3.8) is 0 Å². The molecule has 0 spiro atoms. The summed E-state index contributed by atoms with van der Waals surface area (Å²) in [6.07, 6.45) is 5.24. The minimum absolute atomic E-state index is 0.0258. The van der Waals surface area contributed by atoms with E-state index in [0.29, 0.717) is 11.5 Å². The molecule has 21 heavy (non-hydrogen) atoms. The first-order chi connectivity index (χ1) is 10.2. The Morgan fingerprint density at radius 1 is 1.24 bits per heavy atom. The second kappa shape index (κ2) is 7.34. The maximum atomic E-state index is 12.3. The van der Waals surface area contributed by atoms with Gasteiger partial charge in [-0.15, -0.1) is 0 Å². The molecule has 0 aromatic heterocycles. The van der Waals surface area contributed by atoms with Crippen molar-refractivity contribution in [2.24, 2.45) is 5.92 Å². The Kier molecular flexibility index (Phi) is 5.48. The van der Waals surface area contributed by atoms with E-state index in [0.717, 1.165) is 24.8 Å². The molecular formula is C17H25NO3. The quantitative estimate of drug-likeness (QED) is 0.873. The van der Waals surface area contributed by atoms with E-state index < -0.39 is 0 Å². The third-order valence-electron chi connectivity index (χ3n) is 4.26. The molecule has 1 atom stereocenters. The van der Waals surface area contributed by atoms with E-state index in [-0.39, 0.29) is 17.9 Å². The number of carbonyl (C=O) groups is 1. The maximum Gasteiger partial charge on any atom is 0.223 e. The normalized spacial score (nSPS) is 16.5. The highest BCUT2D eigenvalue weighted by Crippen LogP contribution is 2.31. The molecule has 1 aliphatic rings. The van der Waals surface area contributed by atoms with Crippen molar-refractivity contribution in [3.05, 3.63) is 23.8 Å². The molecule has 4 heteroatoms. The third-order valence-corrected chi connectivity index (χ3v) is 4.26. The lowest BCUT2D eigenvalue weighted by Gasteiger charge is -2.21. The molecule has 1 aliphatic carbocycles. The van der Waals surface area contributed by atoms with Crippen molar-refractivity contribution < 1.29 is 14.3 Å². The number of benzene rings is 1. The Balaban J connectivity index is 2.11. The van der Waals surface area contributed by atoms with Gasteiger partial charge in [0.25, 0.3) is 0 Å². The fourth-order valence-electron chi connectivity index (χ4n) is 2.97. The Labute approximate surface area is 126 Å². The molecule has 0 heterocycles. The van der Waals surface area contributed by atoms with E-state index in [4.69, 9.17) is 9.47 Å². The molecule has 1 aromatic carbocycles. The highest BCUT2D eigenvalue weighted by molar-refractivity contribution is 5.79. The lowest BCUT2D eigenvalue weighted by atomic mass is 10.0. The second-order valence-corrected chi connectivity index (χ2v) is 5.57. The molecule has 0 saturated heterocycles. The summed E-state index contributed by atoms with van der Waals surface area (Å²) in [5.74, 6) is 1.79. The average molecular weight is 291 g/mol. The number of rotatable bonds is 6. The number of carbonyl (C=O) groups excluding carboxylic acids is 1. The smallest absolute Gasteiger partial charge is 0.223 e. The van der Waals surface area contributed by atoms with Gasteiger partial charge >= 0.3 is 0 Å². The van der Waals surface area contributed by atoms with Crippen LogP contribution in [0.1, 0.15) is 50.6 Å². The standard InChI is InChI=1S/C17H25NO3/c1-4-14(18-17(19)12-7-5-6-8-12)13-9-10-15(20-2)16(11-13)21-3/h9-12,14H,4-8H2,1-3H3,(H,18,19). The van der Waals surface area contributed by atoms with Gasteiger partial charge in [0.2, 0.25) is 5.91 Å². The van der Waals surface area contributed by atoms with Gasteiger partial charge in [-0.3, -0.25) is 4.79 Å². The van der Waals surface area contributed by atoms with Gasteiger partial charge in [-0.2, -0.15) is 0 Å². The van der Waals surface area contributed by atoms with Crippen molar-refractivity contribution >= 4 is 5.91 Å². The van der Waals surface area contributed by atoms with Crippen molar-refractivity contribution in [3.8, 4) is 11.5 Å². The van der Waals surface area contributed by atoms with Crippen LogP contribution in [-0.4, -0.2) is 20.1 Å². The van der Waals surface area contributed by atoms with Crippen LogP contribution in [0.2, 0.25) is 0 Å². The van der Waals surface area contributed by atoms with Gasteiger partial charge in [0.15, 0.2) is 11.5 Å². The minimum Gasteiger partial charge on any atom is -0.493 e. The summed E-state index contributed by atoms with van der Waals surface area (Å²) < 4.78 is 10.6. The summed E-state index contributed by atoms with van der Waals surface area (Å²) >= 11 is 0. The van der Waals surface area contributed by atoms with E-state index in [1.54, 1.807) is 14.2 Å². The van der Waals surface area contributed by atoms with Gasteiger partial charge < -0.3 is 14.8 Å². The van der Waals surface area contributed by atoms with Gasteiger partial charge in [0, 0.05) is 5.92 Å². The molecule has 1 fully saturated rings. The summed E-state index contributed by atoms with van der Waals surface area (Å²) in [6, 6.07) is 5.85. The molecule has 116 valence electrons. The number of methoxy groups -OCH3 is 2. The van der Waals surface area contributed by atoms with Crippen LogP contribution in [0, 0.1) is 5.92 Å². The monoisotopic (exact) mass is 291 g/mol. The average Bonchev–Trinajstić information content (AvgIpc) is 3.06. The van der Waals surface area contributed by atoms with Crippen LogP contribution in [0.4, 0.5) is 0 Å². The van der Waals surface area contributed by atoms with Crippen molar-refractivity contribution in [1.29, 1.82) is 0 Å². The van der Waals surface area contributed by atoms with Crippen molar-refractivity contribution in [2.75, 3.05) is 14.2 Å². The van der Waals surface area contributed by atoms with Crippen LogP contribution >= 0.6 is 0 Å². The van der Waals surface area contributed by atoms with Crippen molar-refractivity contribution in [1.82, 2.24) is 5.32 Å². The summed E-state index contributed by atoms with van der Waals surface area (Å²) in [4.78, 5) is 12.3. The molecule has 0 bridgehead atoms. The summed E-state index contributed by atoms with van der Waals surface area (Å²) in [5, 5.41) is 3.18. The molecule has 0 radical (unpaired) electrons. The summed E-state index contributed by atoms with van der Waals surface area (Å²) in [6.45, 7) is 2.08. The van der Waals surface area contributed by atoms with Gasteiger partial charge in [-0.05, 0) is 37.0 Å². The Hall–Kier alpha value is -1.71. The highest BCUT2D eigenvalue weighted by atomic mass is 16.5. The predicted octanol–water partition coefficient (Wildman–Crippen LogP) is 3.46. The van der Waals surface area contributed by atoms with Gasteiger partial charge in [0.05, 0.1) is 20.3 Å². The molecule has 2 rings (SSSR count). The SMILES string of the molecule is CCC(NC(=O)C1CCCC1)c1ccc(OC)c(OC)c1. The largest absolute Gasteiger partial charge is 0.493 e. The number of amides is 1. The first-order valence-electron chi connectivity index (χ1n) is 7.71. The molecular weight excluding hydrogens is 266 g/mol. The van der Waals surface area contributed by atoms with Crippen LogP contribution in [0.15, 0.2) is 18.2 Å². The topological polar surface area (TPSA) is 47.6 Å². The molecule has 1 saturated carbocycles. The van der Waals surface area contributed by atoms with E-state index in [1.807, 2.05) is 18.2 Å². The fourth-order valence-corrected chi connectivity index (χ4v) is 2.97. The number of nitrogens with one attached hydrogen (secondary N) is 1. The van der Waals surface area contributed by atoms with E-state index in [9.17, 15) is 4.79 Å². The Morgan fingerprint density at radius 3 is 2.48 bits per heavy atom. The molecule has 1 N–H and O–H groups in total. The van der Waals surface area contributed by atoms with Gasteiger partial charge in [0.1, 0.15) is 0 Å². The summed E-state index contributed by atoms with van der Waals surface area (Å²) in [5.41, 5.74) is 1.06. The molecule has 4 nitrogen and oxygen atoms in total. The Bertz CT molecular complexity index is 481. The minimum atomic E-state index is 0.0258. The first-order valence-corrected chi connectivity index (χ1v) is 7.71. The molecule has 1 aromatic rings. The predicted molar refractivity (Wildman–Crippen MR) is 82.7 cm³/mol. The van der Waals surface area contributed by atoms with Gasteiger partial charge in [-0.25, -0.2) is 0 Å². The van der Waals surface area contributed by atoms with E-state index in [2.05, 4.69) is 12.2 Å². The third kappa shape index (κ3) is 3.69. The molecule has 1 unspecified atom stereocenters. The van der Waals surface area contributed by atoms with Crippen LogP contribution in [0.5, 0.6) is 11.5 Å². The zero-order valence-corrected chi connectivity index (χ0v) is 13.1. The number of hydrogen-bond acceptors (Lipinski definition) is 3. The van der Waals surface area contributed by atoms with Gasteiger partial charge in [-0.1, -0.05) is 25.8 Å². The van der Waals surface area contributed by atoms with Crippen LogP contribution in [0.3, 0.4) is 0 Å². The zero-order chi connectivity index (χ0) is 15.2. The highest BCUT2D eigenvalue weighted by Gasteiger charge is 2.25. The maximum absolute atomic E-state index is 12.3. The first kappa shape index (κ1) is 15.7. The lowest BCUT2D eigenvalue weighted by Crippen LogP contribution is -2.32. The zero-order valence-electron chi connectivity index (χ0n) is 13.1. The summed E-state index contributed by atoms with van der Waals surface area (Å²) in [7, 11) is 3.25. The van der Waals surface area contributed by atoms with Crippen LogP contribution in [-0.2, 0) is 4.79 Å². The van der Waals surface area contributed by atoms with Crippen molar-refractivity contribution in [2.45, 2.75) is 45.1 Å². The fraction of sp³-hybridized carbons (Fsp3) is 0.588. The molecule has 1 amide bonds. The Morgan fingerprint density at radius 2 is 1.90 bits per heavy atom. The second-order valence-electron chi connectivity index (χ2n) is 5.57.